The number of carbonyl (C=O) groups is 1. The lowest BCUT2D eigenvalue weighted by molar-refractivity contribution is -0.123. The SMILES string of the molecule is COc1cc(CN2CCC(NC(=O)C3CSCN3)C2)cc(OC)c1.Cl.Cl. The molecule has 2 saturated heterocycles. The van der Waals surface area contributed by atoms with Gasteiger partial charge >= 0.3 is 0 Å². The minimum Gasteiger partial charge on any atom is -0.497 e. The number of nitrogens with one attached hydrogen (secondary N) is 2. The Morgan fingerprint density at radius 3 is 2.54 bits per heavy atom. The Morgan fingerprint density at radius 1 is 1.27 bits per heavy atom. The Hall–Kier alpha value is -0.860. The molecule has 0 aromatic heterocycles. The molecule has 2 atom stereocenters. The molecular formula is C17H27Cl2N3O3S. The normalized spacial score (nSPS) is 22.2. The molecular weight excluding hydrogens is 397 g/mol. The molecule has 2 aliphatic heterocycles. The molecule has 2 heterocycles. The van der Waals surface area contributed by atoms with Crippen molar-refractivity contribution in [2.45, 2.75) is 25.0 Å². The third kappa shape index (κ3) is 6.09. The number of halogens is 2. The van der Waals surface area contributed by atoms with E-state index in [9.17, 15) is 4.79 Å². The highest BCUT2D eigenvalue weighted by Gasteiger charge is 2.28. The van der Waals surface area contributed by atoms with Gasteiger partial charge in [0.05, 0.1) is 20.3 Å². The maximum Gasteiger partial charge on any atom is 0.238 e. The maximum absolute atomic E-state index is 12.2. The molecule has 1 aromatic carbocycles. The number of carbonyl (C=O) groups excluding carboxylic acids is 1. The first-order chi connectivity index (χ1) is 11.7. The van der Waals surface area contributed by atoms with E-state index in [-0.39, 0.29) is 42.8 Å². The Balaban J connectivity index is 0.00000169. The second kappa shape index (κ2) is 11.1. The van der Waals surface area contributed by atoms with Crippen LogP contribution in [0.2, 0.25) is 0 Å². The third-order valence-electron chi connectivity index (χ3n) is 4.47. The highest BCUT2D eigenvalue weighted by atomic mass is 35.5. The molecule has 0 bridgehead atoms. The van der Waals surface area contributed by atoms with Crippen molar-refractivity contribution in [1.82, 2.24) is 15.5 Å². The van der Waals surface area contributed by atoms with E-state index in [1.54, 1.807) is 26.0 Å². The summed E-state index contributed by atoms with van der Waals surface area (Å²) >= 11 is 1.77. The van der Waals surface area contributed by atoms with Crippen molar-refractivity contribution in [2.24, 2.45) is 0 Å². The van der Waals surface area contributed by atoms with Gasteiger partial charge in [-0.05, 0) is 24.1 Å². The number of ether oxygens (including phenoxy) is 2. The van der Waals surface area contributed by atoms with Crippen LogP contribution in [-0.2, 0) is 11.3 Å². The Labute approximate surface area is 171 Å². The van der Waals surface area contributed by atoms with Gasteiger partial charge in [0.2, 0.25) is 5.91 Å². The first-order valence-electron chi connectivity index (χ1n) is 8.23. The second-order valence-corrected chi connectivity index (χ2v) is 7.25. The number of rotatable bonds is 6. The second-order valence-electron chi connectivity index (χ2n) is 6.22. The maximum atomic E-state index is 12.2. The summed E-state index contributed by atoms with van der Waals surface area (Å²) < 4.78 is 10.7. The molecule has 2 aliphatic rings. The number of thioether (sulfide) groups is 1. The molecule has 2 fully saturated rings. The quantitative estimate of drug-likeness (QED) is 0.728. The van der Waals surface area contributed by atoms with Crippen LogP contribution >= 0.6 is 36.6 Å². The van der Waals surface area contributed by atoms with E-state index < -0.39 is 0 Å². The van der Waals surface area contributed by atoms with Crippen molar-refractivity contribution in [2.75, 3.05) is 38.9 Å². The summed E-state index contributed by atoms with van der Waals surface area (Å²) in [7, 11) is 3.32. The van der Waals surface area contributed by atoms with Crippen molar-refractivity contribution in [1.29, 1.82) is 0 Å². The first-order valence-corrected chi connectivity index (χ1v) is 9.39. The number of likely N-dealkylation sites (tertiary alicyclic amines) is 1. The van der Waals surface area contributed by atoms with Crippen LogP contribution in [0.25, 0.3) is 0 Å². The minimum atomic E-state index is -0.0355. The number of hydrogen-bond donors (Lipinski definition) is 2. The topological polar surface area (TPSA) is 62.8 Å². The molecule has 0 aliphatic carbocycles. The van der Waals surface area contributed by atoms with Crippen molar-refractivity contribution < 1.29 is 14.3 Å². The van der Waals surface area contributed by atoms with E-state index in [0.29, 0.717) is 0 Å². The lowest BCUT2D eigenvalue weighted by Crippen LogP contribution is -2.47. The highest BCUT2D eigenvalue weighted by molar-refractivity contribution is 7.99. The molecule has 1 aromatic rings. The lowest BCUT2D eigenvalue weighted by Gasteiger charge is -2.19. The smallest absolute Gasteiger partial charge is 0.238 e. The molecule has 26 heavy (non-hydrogen) atoms. The average Bonchev–Trinajstić information content (AvgIpc) is 3.26. The molecule has 0 saturated carbocycles. The molecule has 1 amide bonds. The monoisotopic (exact) mass is 423 g/mol. The number of amides is 1. The van der Waals surface area contributed by atoms with Crippen LogP contribution < -0.4 is 20.1 Å². The Morgan fingerprint density at radius 2 is 1.96 bits per heavy atom. The lowest BCUT2D eigenvalue weighted by atomic mass is 10.2. The van der Waals surface area contributed by atoms with Crippen LogP contribution in [0.1, 0.15) is 12.0 Å². The van der Waals surface area contributed by atoms with E-state index in [2.05, 4.69) is 15.5 Å². The van der Waals surface area contributed by atoms with Crippen LogP contribution in [0.3, 0.4) is 0 Å². The summed E-state index contributed by atoms with van der Waals surface area (Å²) in [5, 5.41) is 6.39. The van der Waals surface area contributed by atoms with E-state index in [4.69, 9.17) is 9.47 Å². The molecule has 9 heteroatoms. The summed E-state index contributed by atoms with van der Waals surface area (Å²) in [6.45, 7) is 2.69. The molecule has 0 spiro atoms. The van der Waals surface area contributed by atoms with Gasteiger partial charge in [-0.15, -0.1) is 36.6 Å². The van der Waals surface area contributed by atoms with Crippen LogP contribution in [0.15, 0.2) is 18.2 Å². The molecule has 0 radical (unpaired) electrons. The van der Waals surface area contributed by atoms with Crippen molar-refractivity contribution in [3.05, 3.63) is 23.8 Å². The molecule has 6 nitrogen and oxygen atoms in total. The number of hydrogen-bond acceptors (Lipinski definition) is 6. The zero-order valence-corrected chi connectivity index (χ0v) is 17.5. The van der Waals surface area contributed by atoms with Gasteiger partial charge in [0.25, 0.3) is 0 Å². The van der Waals surface area contributed by atoms with E-state index in [0.717, 1.165) is 54.7 Å². The van der Waals surface area contributed by atoms with Crippen molar-refractivity contribution in [3.8, 4) is 11.5 Å². The number of benzene rings is 1. The van der Waals surface area contributed by atoms with E-state index >= 15 is 0 Å². The molecule has 2 unspecified atom stereocenters. The van der Waals surface area contributed by atoms with E-state index in [1.165, 1.54) is 0 Å². The fourth-order valence-electron chi connectivity index (χ4n) is 3.18. The van der Waals surface area contributed by atoms with Gasteiger partial charge in [-0.1, -0.05) is 0 Å². The third-order valence-corrected chi connectivity index (χ3v) is 5.41. The predicted octanol–water partition coefficient (Wildman–Crippen LogP) is 1.90. The molecule has 2 N–H and O–H groups in total. The van der Waals surface area contributed by atoms with Crippen LogP contribution in [0, 0.1) is 0 Å². The van der Waals surface area contributed by atoms with Crippen LogP contribution in [0.4, 0.5) is 0 Å². The summed E-state index contributed by atoms with van der Waals surface area (Å²) in [6, 6.07) is 6.15. The fourth-order valence-corrected chi connectivity index (χ4v) is 4.12. The van der Waals surface area contributed by atoms with E-state index in [1.807, 2.05) is 18.2 Å². The van der Waals surface area contributed by atoms with Gasteiger partial charge in [0, 0.05) is 43.4 Å². The summed E-state index contributed by atoms with van der Waals surface area (Å²) in [5.41, 5.74) is 1.16. The van der Waals surface area contributed by atoms with Gasteiger partial charge in [-0.3, -0.25) is 15.0 Å². The number of nitrogens with zero attached hydrogens (tertiary/aromatic N) is 1. The van der Waals surface area contributed by atoms with Crippen molar-refractivity contribution >= 4 is 42.5 Å². The summed E-state index contributed by atoms with van der Waals surface area (Å²) in [5.74, 6) is 3.48. The van der Waals surface area contributed by atoms with Gasteiger partial charge in [0.15, 0.2) is 0 Å². The largest absolute Gasteiger partial charge is 0.497 e. The van der Waals surface area contributed by atoms with Crippen LogP contribution in [-0.4, -0.2) is 61.8 Å². The predicted molar refractivity (Wildman–Crippen MR) is 110 cm³/mol. The fraction of sp³-hybridized carbons (Fsp3) is 0.588. The summed E-state index contributed by atoms with van der Waals surface area (Å²) in [6.07, 6.45) is 0.993. The standard InChI is InChI=1S/C17H25N3O3S.2ClH/c1-22-14-5-12(6-15(7-14)23-2)8-20-4-3-13(9-20)19-17(21)16-10-24-11-18-16;;/h5-7,13,16,18H,3-4,8-11H2,1-2H3,(H,19,21);2*1H. The molecule has 3 rings (SSSR count). The Kier molecular flexibility index (Phi) is 9.89. The first kappa shape index (κ1) is 23.2. The van der Waals surface area contributed by atoms with Gasteiger partial charge in [0.1, 0.15) is 11.5 Å². The van der Waals surface area contributed by atoms with Gasteiger partial charge in [-0.25, -0.2) is 0 Å². The number of methoxy groups -OCH3 is 2. The Bertz CT molecular complexity index is 566. The summed E-state index contributed by atoms with van der Waals surface area (Å²) in [4.78, 5) is 14.6. The van der Waals surface area contributed by atoms with Crippen LogP contribution in [0.5, 0.6) is 11.5 Å². The highest BCUT2D eigenvalue weighted by Crippen LogP contribution is 2.24. The zero-order chi connectivity index (χ0) is 16.9. The zero-order valence-electron chi connectivity index (χ0n) is 15.0. The van der Waals surface area contributed by atoms with Crippen molar-refractivity contribution in [3.63, 3.8) is 0 Å². The molecule has 148 valence electrons. The van der Waals surface area contributed by atoms with Gasteiger partial charge in [-0.2, -0.15) is 0 Å². The average molecular weight is 424 g/mol. The van der Waals surface area contributed by atoms with Gasteiger partial charge < -0.3 is 14.8 Å². The minimum absolute atomic E-state index is 0.